The van der Waals surface area contributed by atoms with Crippen LogP contribution in [0.3, 0.4) is 0 Å². The number of carbonyl (C=O) groups excluding carboxylic acids is 2. The molecule has 1 aliphatic heterocycles. The lowest BCUT2D eigenvalue weighted by molar-refractivity contribution is -0.128. The van der Waals surface area contributed by atoms with Crippen LogP contribution in [0.5, 0.6) is 0 Å². The van der Waals surface area contributed by atoms with Gasteiger partial charge in [0.2, 0.25) is 5.91 Å². The molecule has 1 heterocycles. The van der Waals surface area contributed by atoms with Crippen LogP contribution in [0.1, 0.15) is 23.2 Å². The number of likely N-dealkylation sites (tertiary alicyclic amines) is 1. The van der Waals surface area contributed by atoms with Crippen LogP contribution in [0.15, 0.2) is 30.3 Å². The van der Waals surface area contributed by atoms with Crippen LogP contribution in [-0.4, -0.2) is 48.8 Å². The van der Waals surface area contributed by atoms with Crippen molar-refractivity contribution in [2.75, 3.05) is 26.2 Å². The third kappa shape index (κ3) is 4.72. The maximum Gasteiger partial charge on any atom is 0.277 e. The number of halogens is 2. The molecule has 0 radical (unpaired) electrons. The molecule has 0 saturated carbocycles. The minimum absolute atomic E-state index is 0.143. The van der Waals surface area contributed by atoms with Gasteiger partial charge in [0, 0.05) is 18.7 Å². The predicted octanol–water partition coefficient (Wildman–Crippen LogP) is 1.25. The molecule has 1 aromatic carbocycles. The lowest BCUT2D eigenvalue weighted by Crippen LogP contribution is -2.48. The van der Waals surface area contributed by atoms with Gasteiger partial charge >= 0.3 is 0 Å². The molecular formula is C16H21F2N3O2. The molecule has 5 nitrogen and oxygen atoms in total. The fraction of sp³-hybridized carbons (Fsp3) is 0.500. The topological polar surface area (TPSA) is 75.4 Å². The first-order valence-electron chi connectivity index (χ1n) is 7.63. The van der Waals surface area contributed by atoms with E-state index in [9.17, 15) is 18.4 Å². The van der Waals surface area contributed by atoms with Crippen molar-refractivity contribution < 1.29 is 18.4 Å². The summed E-state index contributed by atoms with van der Waals surface area (Å²) < 4.78 is 26.2. The van der Waals surface area contributed by atoms with Crippen molar-refractivity contribution in [3.8, 4) is 0 Å². The van der Waals surface area contributed by atoms with Gasteiger partial charge in [0.1, 0.15) is 0 Å². The Balaban J connectivity index is 1.93. The van der Waals surface area contributed by atoms with Gasteiger partial charge in [-0.25, -0.2) is 8.78 Å². The maximum atomic E-state index is 13.1. The number of nitrogens with one attached hydrogen (secondary N) is 1. The van der Waals surface area contributed by atoms with E-state index in [4.69, 9.17) is 5.73 Å². The molecule has 0 aliphatic carbocycles. The average Bonchev–Trinajstić information content (AvgIpc) is 2.60. The Kier molecular flexibility index (Phi) is 5.65. The van der Waals surface area contributed by atoms with E-state index in [1.807, 2.05) is 6.07 Å². The Bertz CT molecular complexity index is 552. The number of piperidine rings is 1. The van der Waals surface area contributed by atoms with Gasteiger partial charge in [-0.2, -0.15) is 0 Å². The quantitative estimate of drug-likeness (QED) is 0.855. The predicted molar refractivity (Wildman–Crippen MR) is 82.1 cm³/mol. The fourth-order valence-corrected chi connectivity index (χ4v) is 2.57. The van der Waals surface area contributed by atoms with Gasteiger partial charge in [0.25, 0.3) is 11.8 Å². The smallest absolute Gasteiger partial charge is 0.277 e. The van der Waals surface area contributed by atoms with E-state index in [1.165, 1.54) is 0 Å². The van der Waals surface area contributed by atoms with E-state index >= 15 is 0 Å². The van der Waals surface area contributed by atoms with Crippen molar-refractivity contribution in [3.05, 3.63) is 35.9 Å². The van der Waals surface area contributed by atoms with E-state index < -0.39 is 30.8 Å². The van der Waals surface area contributed by atoms with Crippen molar-refractivity contribution >= 4 is 11.8 Å². The van der Waals surface area contributed by atoms with Crippen LogP contribution in [0.4, 0.5) is 8.78 Å². The van der Waals surface area contributed by atoms with Gasteiger partial charge in [-0.15, -0.1) is 0 Å². The van der Waals surface area contributed by atoms with Crippen LogP contribution >= 0.6 is 0 Å². The SMILES string of the molecule is NCC(F)(F)CNC(=O)C1CCCN(C(=O)c2ccccc2)C1. The molecule has 0 aromatic heterocycles. The minimum Gasteiger partial charge on any atom is -0.350 e. The maximum absolute atomic E-state index is 13.1. The molecule has 1 saturated heterocycles. The van der Waals surface area contributed by atoms with Crippen molar-refractivity contribution in [1.29, 1.82) is 0 Å². The van der Waals surface area contributed by atoms with Crippen LogP contribution < -0.4 is 11.1 Å². The van der Waals surface area contributed by atoms with E-state index in [2.05, 4.69) is 5.32 Å². The number of nitrogens with two attached hydrogens (primary N) is 1. The highest BCUT2D eigenvalue weighted by Crippen LogP contribution is 2.19. The summed E-state index contributed by atoms with van der Waals surface area (Å²) in [5, 5.41) is 2.24. The van der Waals surface area contributed by atoms with Crippen molar-refractivity contribution in [3.63, 3.8) is 0 Å². The number of alkyl halides is 2. The first-order chi connectivity index (χ1) is 10.9. The molecule has 7 heteroatoms. The molecule has 0 spiro atoms. The third-order valence-electron chi connectivity index (χ3n) is 3.92. The van der Waals surface area contributed by atoms with Crippen LogP contribution in [0.25, 0.3) is 0 Å². The number of hydrogen-bond acceptors (Lipinski definition) is 3. The highest BCUT2D eigenvalue weighted by molar-refractivity contribution is 5.94. The van der Waals surface area contributed by atoms with E-state index in [-0.39, 0.29) is 12.5 Å². The second-order valence-corrected chi connectivity index (χ2v) is 5.73. The Hall–Kier alpha value is -2.02. The van der Waals surface area contributed by atoms with E-state index in [0.29, 0.717) is 24.9 Å². The molecule has 1 fully saturated rings. The summed E-state index contributed by atoms with van der Waals surface area (Å²) in [6.45, 7) is -0.772. The largest absolute Gasteiger partial charge is 0.350 e. The van der Waals surface area contributed by atoms with Gasteiger partial charge in [0.15, 0.2) is 0 Å². The highest BCUT2D eigenvalue weighted by atomic mass is 19.3. The molecule has 23 heavy (non-hydrogen) atoms. The van der Waals surface area contributed by atoms with Gasteiger partial charge in [-0.1, -0.05) is 18.2 Å². The number of benzene rings is 1. The molecule has 1 aromatic rings. The third-order valence-corrected chi connectivity index (χ3v) is 3.92. The Morgan fingerprint density at radius 3 is 2.65 bits per heavy atom. The number of carbonyl (C=O) groups is 2. The molecule has 2 rings (SSSR count). The molecule has 2 amide bonds. The molecule has 1 atom stereocenters. The number of rotatable bonds is 5. The number of hydrogen-bond donors (Lipinski definition) is 2. The molecule has 126 valence electrons. The first kappa shape index (κ1) is 17.3. The van der Waals surface area contributed by atoms with Gasteiger partial charge in [-0.05, 0) is 25.0 Å². The second-order valence-electron chi connectivity index (χ2n) is 5.73. The number of amides is 2. The van der Waals surface area contributed by atoms with E-state index in [1.54, 1.807) is 29.2 Å². The van der Waals surface area contributed by atoms with Gasteiger partial charge in [0.05, 0.1) is 19.0 Å². The first-order valence-corrected chi connectivity index (χ1v) is 7.63. The van der Waals surface area contributed by atoms with E-state index in [0.717, 1.165) is 0 Å². The summed E-state index contributed by atoms with van der Waals surface area (Å²) in [7, 11) is 0. The lowest BCUT2D eigenvalue weighted by Gasteiger charge is -2.32. The lowest BCUT2D eigenvalue weighted by atomic mass is 9.96. The zero-order valence-electron chi connectivity index (χ0n) is 12.8. The monoisotopic (exact) mass is 325 g/mol. The zero-order chi connectivity index (χ0) is 16.9. The van der Waals surface area contributed by atoms with Crippen LogP contribution in [0.2, 0.25) is 0 Å². The Labute approximate surface area is 133 Å². The van der Waals surface area contributed by atoms with Crippen molar-refractivity contribution in [2.24, 2.45) is 11.7 Å². The minimum atomic E-state index is -3.11. The second kappa shape index (κ2) is 7.50. The molecule has 1 aliphatic rings. The van der Waals surface area contributed by atoms with Gasteiger partial charge in [-0.3, -0.25) is 9.59 Å². The molecule has 3 N–H and O–H groups in total. The Morgan fingerprint density at radius 1 is 1.30 bits per heavy atom. The molecule has 1 unspecified atom stereocenters. The van der Waals surface area contributed by atoms with Crippen molar-refractivity contribution in [2.45, 2.75) is 18.8 Å². The number of nitrogens with zero attached hydrogens (tertiary/aromatic N) is 1. The zero-order valence-corrected chi connectivity index (χ0v) is 12.8. The summed E-state index contributed by atoms with van der Waals surface area (Å²) in [5.41, 5.74) is 5.50. The van der Waals surface area contributed by atoms with Crippen LogP contribution in [0, 0.1) is 5.92 Å². The van der Waals surface area contributed by atoms with Gasteiger partial charge < -0.3 is 16.0 Å². The summed E-state index contributed by atoms with van der Waals surface area (Å²) in [5.74, 6) is -4.17. The normalized spacial score (nSPS) is 18.6. The fourth-order valence-electron chi connectivity index (χ4n) is 2.57. The van der Waals surface area contributed by atoms with Crippen LogP contribution in [-0.2, 0) is 4.79 Å². The summed E-state index contributed by atoms with van der Waals surface area (Å²) in [6, 6.07) is 8.80. The standard InChI is InChI=1S/C16H21F2N3O2/c17-16(18,10-19)11-20-14(22)13-7-4-8-21(9-13)15(23)12-5-2-1-3-6-12/h1-3,5-6,13H,4,7-11,19H2,(H,20,22). The molecular weight excluding hydrogens is 304 g/mol. The highest BCUT2D eigenvalue weighted by Gasteiger charge is 2.32. The average molecular weight is 325 g/mol. The summed E-state index contributed by atoms with van der Waals surface area (Å²) >= 11 is 0. The summed E-state index contributed by atoms with van der Waals surface area (Å²) in [6.07, 6.45) is 1.25. The Morgan fingerprint density at radius 2 is 2.00 bits per heavy atom. The molecule has 0 bridgehead atoms. The summed E-state index contributed by atoms with van der Waals surface area (Å²) in [4.78, 5) is 26.0. The van der Waals surface area contributed by atoms with Crippen molar-refractivity contribution in [1.82, 2.24) is 10.2 Å².